The predicted molar refractivity (Wildman–Crippen MR) is 92.1 cm³/mol. The van der Waals surface area contributed by atoms with Crippen molar-refractivity contribution in [2.45, 2.75) is 26.4 Å². The van der Waals surface area contributed by atoms with Crippen LogP contribution >= 0.6 is 0 Å². The van der Waals surface area contributed by atoms with Crippen molar-refractivity contribution in [3.8, 4) is 5.75 Å². The van der Waals surface area contributed by atoms with Crippen LogP contribution in [0.3, 0.4) is 0 Å². The summed E-state index contributed by atoms with van der Waals surface area (Å²) >= 11 is 0. The van der Waals surface area contributed by atoms with E-state index in [4.69, 9.17) is 9.47 Å². The molecule has 0 spiro atoms. The fourth-order valence-electron chi connectivity index (χ4n) is 2.24. The zero-order chi connectivity index (χ0) is 16.5. The number of methoxy groups -OCH3 is 1. The molecule has 0 fully saturated rings. The smallest absolute Gasteiger partial charge is 0.333 e. The minimum Gasteiger partial charge on any atom is -0.489 e. The van der Waals surface area contributed by atoms with Crippen molar-refractivity contribution in [3.63, 3.8) is 0 Å². The van der Waals surface area contributed by atoms with Crippen LogP contribution in [0.5, 0.6) is 5.75 Å². The minimum absolute atomic E-state index is 0.267. The Morgan fingerprint density at radius 1 is 1.04 bits per heavy atom. The third-order valence-electron chi connectivity index (χ3n) is 3.44. The Balaban J connectivity index is 2.02. The largest absolute Gasteiger partial charge is 0.489 e. The van der Waals surface area contributed by atoms with Crippen LogP contribution in [0.2, 0.25) is 0 Å². The molecule has 0 heterocycles. The molecule has 2 rings (SSSR count). The number of hydrogen-bond donors (Lipinski definition) is 0. The van der Waals surface area contributed by atoms with Gasteiger partial charge in [-0.25, -0.2) is 4.79 Å². The van der Waals surface area contributed by atoms with Gasteiger partial charge in [0.15, 0.2) is 0 Å². The molecule has 0 radical (unpaired) electrons. The number of carbonyl (C=O) groups excluding carboxylic acids is 1. The van der Waals surface area contributed by atoms with E-state index >= 15 is 0 Å². The molecule has 0 aliphatic rings. The van der Waals surface area contributed by atoms with Crippen LogP contribution in [0.25, 0.3) is 6.08 Å². The van der Waals surface area contributed by atoms with Gasteiger partial charge in [0.2, 0.25) is 0 Å². The average molecular weight is 310 g/mol. The Labute approximate surface area is 137 Å². The minimum atomic E-state index is -0.267. The Kier molecular flexibility index (Phi) is 6.42. The molecule has 0 atom stereocenters. The topological polar surface area (TPSA) is 35.5 Å². The summed E-state index contributed by atoms with van der Waals surface area (Å²) in [5.41, 5.74) is 2.78. The highest BCUT2D eigenvalue weighted by Crippen LogP contribution is 2.18. The fraction of sp³-hybridized carbons (Fsp3) is 0.250. The maximum atomic E-state index is 11.7. The molecule has 0 aromatic heterocycles. The Bertz CT molecular complexity index is 642. The van der Waals surface area contributed by atoms with Gasteiger partial charge in [-0.1, -0.05) is 55.8 Å². The summed E-state index contributed by atoms with van der Waals surface area (Å²) < 4.78 is 10.6. The van der Waals surface area contributed by atoms with E-state index in [2.05, 4.69) is 0 Å². The summed E-state index contributed by atoms with van der Waals surface area (Å²) in [6.45, 7) is 2.58. The van der Waals surface area contributed by atoms with Gasteiger partial charge in [-0.2, -0.15) is 0 Å². The molecule has 2 aromatic rings. The van der Waals surface area contributed by atoms with Gasteiger partial charge in [0.25, 0.3) is 0 Å². The Hall–Kier alpha value is -2.55. The lowest BCUT2D eigenvalue weighted by atomic mass is 10.1. The van der Waals surface area contributed by atoms with Crippen LogP contribution in [0.4, 0.5) is 0 Å². The van der Waals surface area contributed by atoms with Crippen molar-refractivity contribution in [2.75, 3.05) is 7.11 Å². The first-order valence-corrected chi connectivity index (χ1v) is 7.78. The Morgan fingerprint density at radius 3 is 2.35 bits per heavy atom. The van der Waals surface area contributed by atoms with Gasteiger partial charge in [-0.3, -0.25) is 0 Å². The Morgan fingerprint density at radius 2 is 1.74 bits per heavy atom. The van der Waals surface area contributed by atoms with E-state index in [1.165, 1.54) is 7.11 Å². The van der Waals surface area contributed by atoms with Gasteiger partial charge in [0.1, 0.15) is 12.4 Å². The van der Waals surface area contributed by atoms with E-state index in [0.717, 1.165) is 23.3 Å². The molecule has 0 aliphatic carbocycles. The SMILES string of the molecule is CCCC(=Cc1ccc(OCc2ccccc2)cc1)C(=O)OC. The zero-order valence-corrected chi connectivity index (χ0v) is 13.6. The summed E-state index contributed by atoms with van der Waals surface area (Å²) in [5.74, 6) is 0.539. The predicted octanol–water partition coefficient (Wildman–Crippen LogP) is 4.62. The van der Waals surface area contributed by atoms with E-state index in [1.54, 1.807) is 0 Å². The second-order valence-electron chi connectivity index (χ2n) is 5.25. The molecule has 0 N–H and O–H groups in total. The molecule has 3 nitrogen and oxygen atoms in total. The van der Waals surface area contributed by atoms with Crippen molar-refractivity contribution in [3.05, 3.63) is 71.3 Å². The van der Waals surface area contributed by atoms with Crippen LogP contribution in [0, 0.1) is 0 Å². The van der Waals surface area contributed by atoms with Crippen LogP contribution in [-0.4, -0.2) is 13.1 Å². The first-order valence-electron chi connectivity index (χ1n) is 7.78. The molecule has 23 heavy (non-hydrogen) atoms. The highest BCUT2D eigenvalue weighted by Gasteiger charge is 2.08. The third kappa shape index (κ3) is 5.29. The molecule has 0 bridgehead atoms. The lowest BCUT2D eigenvalue weighted by Gasteiger charge is -2.07. The quantitative estimate of drug-likeness (QED) is 0.553. The van der Waals surface area contributed by atoms with Crippen LogP contribution in [0.15, 0.2) is 60.2 Å². The molecule has 0 unspecified atom stereocenters. The molecule has 120 valence electrons. The molecule has 2 aromatic carbocycles. The highest BCUT2D eigenvalue weighted by molar-refractivity contribution is 5.93. The van der Waals surface area contributed by atoms with E-state index < -0.39 is 0 Å². The van der Waals surface area contributed by atoms with Crippen molar-refractivity contribution in [1.29, 1.82) is 0 Å². The second-order valence-corrected chi connectivity index (χ2v) is 5.25. The highest BCUT2D eigenvalue weighted by atomic mass is 16.5. The summed E-state index contributed by atoms with van der Waals surface area (Å²) in [6, 6.07) is 17.8. The molecule has 0 saturated carbocycles. The standard InChI is InChI=1S/C20H22O3/c1-3-7-18(20(21)22-2)14-16-10-12-19(13-11-16)23-15-17-8-5-4-6-9-17/h4-6,8-14H,3,7,15H2,1-2H3. The molecular formula is C20H22O3. The number of rotatable bonds is 7. The van der Waals surface area contributed by atoms with Gasteiger partial charge < -0.3 is 9.47 Å². The maximum Gasteiger partial charge on any atom is 0.333 e. The molecule has 0 aliphatic heterocycles. The zero-order valence-electron chi connectivity index (χ0n) is 13.6. The van der Waals surface area contributed by atoms with Crippen LogP contribution < -0.4 is 4.74 Å². The van der Waals surface area contributed by atoms with Crippen molar-refractivity contribution in [2.24, 2.45) is 0 Å². The summed E-state index contributed by atoms with van der Waals surface area (Å²) in [4.78, 5) is 11.7. The number of ether oxygens (including phenoxy) is 2. The maximum absolute atomic E-state index is 11.7. The second kappa shape index (κ2) is 8.79. The van der Waals surface area contributed by atoms with E-state index in [9.17, 15) is 4.79 Å². The van der Waals surface area contributed by atoms with E-state index in [1.807, 2.05) is 67.6 Å². The number of hydrogen-bond acceptors (Lipinski definition) is 3. The van der Waals surface area contributed by atoms with Crippen molar-refractivity contribution < 1.29 is 14.3 Å². The molecule has 0 amide bonds. The van der Waals surface area contributed by atoms with Gasteiger partial charge >= 0.3 is 5.97 Å². The molecule has 3 heteroatoms. The first-order chi connectivity index (χ1) is 11.2. The van der Waals surface area contributed by atoms with Crippen molar-refractivity contribution >= 4 is 12.0 Å². The normalized spacial score (nSPS) is 11.1. The van der Waals surface area contributed by atoms with Crippen molar-refractivity contribution in [1.82, 2.24) is 0 Å². The average Bonchev–Trinajstić information content (AvgIpc) is 2.61. The summed E-state index contributed by atoms with van der Waals surface area (Å²) in [6.07, 6.45) is 3.48. The molecule has 0 saturated heterocycles. The van der Waals surface area contributed by atoms with E-state index in [-0.39, 0.29) is 5.97 Å². The van der Waals surface area contributed by atoms with Gasteiger partial charge in [-0.05, 0) is 35.8 Å². The summed E-state index contributed by atoms with van der Waals surface area (Å²) in [7, 11) is 1.41. The number of esters is 1. The lowest BCUT2D eigenvalue weighted by molar-refractivity contribution is -0.136. The van der Waals surface area contributed by atoms with Crippen LogP contribution in [0.1, 0.15) is 30.9 Å². The monoisotopic (exact) mass is 310 g/mol. The molecular weight excluding hydrogens is 288 g/mol. The third-order valence-corrected chi connectivity index (χ3v) is 3.44. The first kappa shape index (κ1) is 16.8. The van der Waals surface area contributed by atoms with E-state index in [0.29, 0.717) is 18.6 Å². The number of benzene rings is 2. The van der Waals surface area contributed by atoms with Crippen LogP contribution in [-0.2, 0) is 16.1 Å². The fourth-order valence-corrected chi connectivity index (χ4v) is 2.24. The van der Waals surface area contributed by atoms with Gasteiger partial charge in [0.05, 0.1) is 7.11 Å². The number of carbonyl (C=O) groups is 1. The lowest BCUT2D eigenvalue weighted by Crippen LogP contribution is -2.04. The van der Waals surface area contributed by atoms with Gasteiger partial charge in [0, 0.05) is 5.57 Å². The van der Waals surface area contributed by atoms with Gasteiger partial charge in [-0.15, -0.1) is 0 Å². The summed E-state index contributed by atoms with van der Waals surface area (Å²) in [5, 5.41) is 0.